The average molecular weight is 320 g/mol. The molecule has 0 saturated carbocycles. The van der Waals surface area contributed by atoms with E-state index in [0.717, 1.165) is 16.6 Å². The lowest BCUT2D eigenvalue weighted by atomic mass is 10.3. The predicted octanol–water partition coefficient (Wildman–Crippen LogP) is 2.31. The molecular weight excluding hydrogens is 302 g/mol. The van der Waals surface area contributed by atoms with Gasteiger partial charge in [-0.05, 0) is 24.6 Å². The molecule has 0 heterocycles. The standard InChI is InChI=1S/C12H18BrNO2S/c1-2-11(14)9-17(15)7-6-16-12-5-3-4-10(13)8-12/h3-5,8,11H,2,6-7,9,14H2,1H3. The zero-order valence-electron chi connectivity index (χ0n) is 9.90. The molecule has 0 bridgehead atoms. The fourth-order valence-corrected chi connectivity index (χ4v) is 2.78. The molecule has 2 unspecified atom stereocenters. The second kappa shape index (κ2) is 7.84. The van der Waals surface area contributed by atoms with E-state index in [0.29, 0.717) is 18.1 Å². The lowest BCUT2D eigenvalue weighted by Crippen LogP contribution is -2.28. The van der Waals surface area contributed by atoms with Crippen LogP contribution >= 0.6 is 15.9 Å². The molecule has 5 heteroatoms. The molecule has 0 aromatic heterocycles. The van der Waals surface area contributed by atoms with E-state index in [-0.39, 0.29) is 6.04 Å². The number of rotatable bonds is 7. The topological polar surface area (TPSA) is 52.3 Å². The molecular formula is C12H18BrNO2S. The highest BCUT2D eigenvalue weighted by Crippen LogP contribution is 2.17. The minimum Gasteiger partial charge on any atom is -0.493 e. The zero-order valence-corrected chi connectivity index (χ0v) is 12.3. The van der Waals surface area contributed by atoms with Crippen molar-refractivity contribution < 1.29 is 8.95 Å². The summed E-state index contributed by atoms with van der Waals surface area (Å²) >= 11 is 3.37. The number of halogens is 1. The van der Waals surface area contributed by atoms with E-state index in [1.54, 1.807) is 0 Å². The van der Waals surface area contributed by atoms with E-state index in [1.165, 1.54) is 0 Å². The molecule has 1 rings (SSSR count). The molecule has 0 amide bonds. The van der Waals surface area contributed by atoms with Crippen molar-refractivity contribution in [1.29, 1.82) is 0 Å². The van der Waals surface area contributed by atoms with Gasteiger partial charge in [-0.3, -0.25) is 4.21 Å². The van der Waals surface area contributed by atoms with Crippen LogP contribution in [0.3, 0.4) is 0 Å². The summed E-state index contributed by atoms with van der Waals surface area (Å²) < 4.78 is 18.1. The fourth-order valence-electron chi connectivity index (χ4n) is 1.25. The van der Waals surface area contributed by atoms with E-state index < -0.39 is 10.8 Å². The monoisotopic (exact) mass is 319 g/mol. The Hall–Kier alpha value is -0.390. The van der Waals surface area contributed by atoms with Crippen LogP contribution in [0.4, 0.5) is 0 Å². The first-order valence-corrected chi connectivity index (χ1v) is 7.89. The lowest BCUT2D eigenvalue weighted by Gasteiger charge is -2.09. The minimum atomic E-state index is -0.891. The maximum Gasteiger partial charge on any atom is 0.120 e. The molecule has 0 fully saturated rings. The van der Waals surface area contributed by atoms with Crippen molar-refractivity contribution >= 4 is 26.7 Å². The molecule has 0 aliphatic heterocycles. The van der Waals surface area contributed by atoms with Crippen molar-refractivity contribution in [2.45, 2.75) is 19.4 Å². The van der Waals surface area contributed by atoms with Crippen LogP contribution in [-0.4, -0.2) is 28.4 Å². The summed E-state index contributed by atoms with van der Waals surface area (Å²) in [4.78, 5) is 0. The van der Waals surface area contributed by atoms with E-state index in [9.17, 15) is 4.21 Å². The molecule has 1 aromatic carbocycles. The summed E-state index contributed by atoms with van der Waals surface area (Å²) in [7, 11) is -0.891. The van der Waals surface area contributed by atoms with Gasteiger partial charge in [-0.1, -0.05) is 28.9 Å². The van der Waals surface area contributed by atoms with Crippen LogP contribution in [0, 0.1) is 0 Å². The summed E-state index contributed by atoms with van der Waals surface area (Å²) in [5, 5.41) is 0. The summed E-state index contributed by atoms with van der Waals surface area (Å²) in [6.45, 7) is 2.46. The van der Waals surface area contributed by atoms with E-state index in [4.69, 9.17) is 10.5 Å². The Morgan fingerprint density at radius 3 is 2.94 bits per heavy atom. The third-order valence-corrected chi connectivity index (χ3v) is 4.22. The van der Waals surface area contributed by atoms with Gasteiger partial charge in [0.2, 0.25) is 0 Å². The first-order chi connectivity index (χ1) is 8.11. The highest BCUT2D eigenvalue weighted by molar-refractivity contribution is 9.10. The van der Waals surface area contributed by atoms with Gasteiger partial charge in [0.1, 0.15) is 5.75 Å². The van der Waals surface area contributed by atoms with Crippen LogP contribution in [0.5, 0.6) is 5.75 Å². The molecule has 17 heavy (non-hydrogen) atoms. The Morgan fingerprint density at radius 2 is 2.29 bits per heavy atom. The normalized spacial score (nSPS) is 14.3. The van der Waals surface area contributed by atoms with Crippen LogP contribution in [0.1, 0.15) is 13.3 Å². The Labute approximate surface area is 113 Å². The third kappa shape index (κ3) is 6.19. The summed E-state index contributed by atoms with van der Waals surface area (Å²) in [6.07, 6.45) is 0.859. The Kier molecular flexibility index (Phi) is 6.77. The highest BCUT2D eigenvalue weighted by atomic mass is 79.9. The maximum atomic E-state index is 11.6. The molecule has 0 radical (unpaired) electrons. The van der Waals surface area contributed by atoms with Crippen molar-refractivity contribution in [3.63, 3.8) is 0 Å². The number of ether oxygens (including phenoxy) is 1. The van der Waals surface area contributed by atoms with Crippen LogP contribution < -0.4 is 10.5 Å². The molecule has 2 N–H and O–H groups in total. The van der Waals surface area contributed by atoms with E-state index in [1.807, 2.05) is 31.2 Å². The Bertz CT molecular complexity index is 373. The van der Waals surface area contributed by atoms with Gasteiger partial charge in [0.05, 0.1) is 12.4 Å². The summed E-state index contributed by atoms with van der Waals surface area (Å²) in [5.41, 5.74) is 5.74. The smallest absolute Gasteiger partial charge is 0.120 e. The van der Waals surface area contributed by atoms with Gasteiger partial charge < -0.3 is 10.5 Å². The van der Waals surface area contributed by atoms with Gasteiger partial charge >= 0.3 is 0 Å². The third-order valence-electron chi connectivity index (χ3n) is 2.30. The molecule has 0 saturated heterocycles. The molecule has 0 spiro atoms. The molecule has 0 aliphatic rings. The average Bonchev–Trinajstić information content (AvgIpc) is 2.29. The fraction of sp³-hybridized carbons (Fsp3) is 0.500. The quantitative estimate of drug-likeness (QED) is 0.839. The molecule has 1 aromatic rings. The first-order valence-electron chi connectivity index (χ1n) is 5.60. The van der Waals surface area contributed by atoms with Gasteiger partial charge in [-0.2, -0.15) is 0 Å². The number of hydrogen-bond donors (Lipinski definition) is 1. The van der Waals surface area contributed by atoms with Crippen molar-refractivity contribution in [3.05, 3.63) is 28.7 Å². The van der Waals surface area contributed by atoms with Crippen molar-refractivity contribution in [2.75, 3.05) is 18.1 Å². The summed E-state index contributed by atoms with van der Waals surface area (Å²) in [6, 6.07) is 7.64. The van der Waals surface area contributed by atoms with Gasteiger partial charge in [-0.25, -0.2) is 0 Å². The second-order valence-corrected chi connectivity index (χ2v) is 6.32. The molecule has 0 aliphatic carbocycles. The first kappa shape index (κ1) is 14.7. The van der Waals surface area contributed by atoms with Crippen LogP contribution in [0.2, 0.25) is 0 Å². The van der Waals surface area contributed by atoms with E-state index in [2.05, 4.69) is 15.9 Å². The maximum absolute atomic E-state index is 11.6. The second-order valence-electron chi connectivity index (χ2n) is 3.78. The van der Waals surface area contributed by atoms with Crippen molar-refractivity contribution in [2.24, 2.45) is 5.73 Å². The van der Waals surface area contributed by atoms with Crippen LogP contribution in [-0.2, 0) is 10.8 Å². The predicted molar refractivity (Wildman–Crippen MR) is 75.8 cm³/mol. The number of benzene rings is 1. The number of nitrogens with two attached hydrogens (primary N) is 1. The largest absolute Gasteiger partial charge is 0.493 e. The Balaban J connectivity index is 2.26. The zero-order chi connectivity index (χ0) is 12.7. The number of hydrogen-bond acceptors (Lipinski definition) is 3. The van der Waals surface area contributed by atoms with Crippen LogP contribution in [0.15, 0.2) is 28.7 Å². The molecule has 2 atom stereocenters. The Morgan fingerprint density at radius 1 is 1.53 bits per heavy atom. The van der Waals surface area contributed by atoms with Crippen molar-refractivity contribution in [1.82, 2.24) is 0 Å². The molecule has 3 nitrogen and oxygen atoms in total. The van der Waals surface area contributed by atoms with E-state index >= 15 is 0 Å². The highest BCUT2D eigenvalue weighted by Gasteiger charge is 2.06. The minimum absolute atomic E-state index is 0.0294. The van der Waals surface area contributed by atoms with Gasteiger partial charge in [0.15, 0.2) is 0 Å². The lowest BCUT2D eigenvalue weighted by molar-refractivity contribution is 0.342. The molecule has 96 valence electrons. The van der Waals surface area contributed by atoms with Gasteiger partial charge in [0.25, 0.3) is 0 Å². The van der Waals surface area contributed by atoms with Gasteiger partial charge in [-0.15, -0.1) is 0 Å². The van der Waals surface area contributed by atoms with Crippen LogP contribution in [0.25, 0.3) is 0 Å². The van der Waals surface area contributed by atoms with Gasteiger partial charge in [0, 0.05) is 27.1 Å². The van der Waals surface area contributed by atoms with Crippen molar-refractivity contribution in [3.8, 4) is 5.75 Å². The SMILES string of the molecule is CCC(N)CS(=O)CCOc1cccc(Br)c1. The summed E-state index contributed by atoms with van der Waals surface area (Å²) in [5.74, 6) is 1.87.